The number of carbonyl (C=O) groups excluding carboxylic acids is 4. The molecule has 4 aromatic rings. The van der Waals surface area contributed by atoms with Crippen LogP contribution in [0.15, 0.2) is 113 Å². The van der Waals surface area contributed by atoms with Crippen LogP contribution in [0.25, 0.3) is 0 Å². The highest BCUT2D eigenvalue weighted by molar-refractivity contribution is 6.15. The zero-order valence-electron chi connectivity index (χ0n) is 32.8. The summed E-state index contributed by atoms with van der Waals surface area (Å²) >= 11 is 0. The Balaban J connectivity index is 1.40. The minimum atomic E-state index is -0.986. The summed E-state index contributed by atoms with van der Waals surface area (Å²) in [5.74, 6) is -1.54. The van der Waals surface area contributed by atoms with Gasteiger partial charge in [0.25, 0.3) is 5.91 Å². The Morgan fingerprint density at radius 3 is 2.05 bits per heavy atom. The lowest BCUT2D eigenvalue weighted by Crippen LogP contribution is -2.49. The van der Waals surface area contributed by atoms with Crippen molar-refractivity contribution < 1.29 is 37.8 Å². The van der Waals surface area contributed by atoms with Gasteiger partial charge in [0.05, 0.1) is 17.9 Å². The van der Waals surface area contributed by atoms with Crippen molar-refractivity contribution in [1.29, 1.82) is 0 Å². The Morgan fingerprint density at radius 1 is 0.821 bits per heavy atom. The highest BCUT2D eigenvalue weighted by Crippen LogP contribution is 2.31. The van der Waals surface area contributed by atoms with Gasteiger partial charge in [0.2, 0.25) is 5.96 Å². The fourth-order valence-corrected chi connectivity index (χ4v) is 6.31. The van der Waals surface area contributed by atoms with Gasteiger partial charge in [0.15, 0.2) is 5.76 Å². The van der Waals surface area contributed by atoms with Crippen molar-refractivity contribution in [1.82, 2.24) is 4.90 Å². The van der Waals surface area contributed by atoms with E-state index in [2.05, 4.69) is 9.89 Å². The van der Waals surface area contributed by atoms with Gasteiger partial charge in [-0.1, -0.05) is 66.7 Å². The van der Waals surface area contributed by atoms with E-state index in [1.807, 2.05) is 60.7 Å². The van der Waals surface area contributed by atoms with E-state index < -0.39 is 35.3 Å². The van der Waals surface area contributed by atoms with Crippen molar-refractivity contribution in [3.63, 3.8) is 0 Å². The summed E-state index contributed by atoms with van der Waals surface area (Å²) < 4.78 is 22.3. The number of piperidine rings is 1. The molecule has 1 aromatic heterocycles. The molecule has 1 aliphatic rings. The largest absolute Gasteiger partial charge is 0.460 e. The molecule has 1 fully saturated rings. The van der Waals surface area contributed by atoms with Crippen LogP contribution >= 0.6 is 0 Å². The molecule has 2 N–H and O–H groups in total. The van der Waals surface area contributed by atoms with Crippen LogP contribution < -0.4 is 15.5 Å². The third-order valence-corrected chi connectivity index (χ3v) is 8.79. The number of nitrogens with zero attached hydrogens (tertiary/aromatic N) is 4. The van der Waals surface area contributed by atoms with Gasteiger partial charge in [0, 0.05) is 31.4 Å². The van der Waals surface area contributed by atoms with Crippen molar-refractivity contribution in [2.24, 2.45) is 10.7 Å². The van der Waals surface area contributed by atoms with E-state index >= 15 is 0 Å². The third-order valence-electron chi connectivity index (χ3n) is 8.79. The van der Waals surface area contributed by atoms with Gasteiger partial charge in [-0.25, -0.2) is 14.5 Å². The van der Waals surface area contributed by atoms with E-state index in [0.29, 0.717) is 38.2 Å². The van der Waals surface area contributed by atoms with Crippen molar-refractivity contribution in [2.45, 2.75) is 84.2 Å². The molecule has 0 saturated carbocycles. The second kappa shape index (κ2) is 18.1. The number of amides is 3. The molecule has 1 saturated heterocycles. The molecular formula is C43H51N5O8. The molecule has 5 rings (SSSR count). The van der Waals surface area contributed by atoms with Gasteiger partial charge in [-0.3, -0.25) is 9.59 Å². The smallest absolute Gasteiger partial charge is 0.437 e. The Hall–Kier alpha value is -5.95. The standard InChI is InChI=1S/C43H51N5O8/c1-42(2,3)55-40(51)45-39(44)48(41(52)56-43(4,5)6)34-20-13-19-33(27-34)47(37(49)36-21-14-26-53-36)32-22-24-46(25-23-32)28-35(31-17-11-8-12-18-31)38(50)54-29-30-15-9-7-10-16-30/h7-21,26-27,32,35H,22-25,28-29H2,1-6H3,(H2,44,45,51). The number of carbonyl (C=O) groups is 4. The van der Waals surface area contributed by atoms with Gasteiger partial charge >= 0.3 is 18.2 Å². The van der Waals surface area contributed by atoms with E-state index in [-0.39, 0.29) is 36.0 Å². The molecular weight excluding hydrogens is 714 g/mol. The second-order valence-electron chi connectivity index (χ2n) is 15.5. The normalized spacial score (nSPS) is 14.7. The van der Waals surface area contributed by atoms with E-state index in [1.165, 1.54) is 6.26 Å². The number of anilines is 2. The fraction of sp³-hybridized carbons (Fsp3) is 0.372. The molecule has 0 aliphatic carbocycles. The molecule has 1 unspecified atom stereocenters. The summed E-state index contributed by atoms with van der Waals surface area (Å²) in [6, 6.07) is 28.8. The number of guanidine groups is 1. The number of esters is 1. The number of furan rings is 1. The molecule has 1 atom stereocenters. The highest BCUT2D eigenvalue weighted by atomic mass is 16.6. The minimum Gasteiger partial charge on any atom is -0.460 e. The first-order valence-corrected chi connectivity index (χ1v) is 18.6. The quantitative estimate of drug-likeness (QED) is 0.0728. The minimum absolute atomic E-state index is 0.137. The Kier molecular flexibility index (Phi) is 13.3. The lowest BCUT2D eigenvalue weighted by atomic mass is 9.96. The van der Waals surface area contributed by atoms with Gasteiger partial charge in [-0.15, -0.1) is 4.99 Å². The number of hydrogen-bond acceptors (Lipinski definition) is 9. The highest BCUT2D eigenvalue weighted by Gasteiger charge is 2.35. The van der Waals surface area contributed by atoms with Crippen LogP contribution in [0.5, 0.6) is 0 Å². The predicted molar refractivity (Wildman–Crippen MR) is 213 cm³/mol. The maximum absolute atomic E-state index is 14.2. The summed E-state index contributed by atoms with van der Waals surface area (Å²) in [5.41, 5.74) is 6.97. The van der Waals surface area contributed by atoms with E-state index in [0.717, 1.165) is 16.0 Å². The van der Waals surface area contributed by atoms with Crippen molar-refractivity contribution in [3.05, 3.63) is 120 Å². The van der Waals surface area contributed by atoms with Crippen LogP contribution in [0.1, 0.15) is 82.0 Å². The summed E-state index contributed by atoms with van der Waals surface area (Å²) in [6.45, 7) is 11.9. The maximum atomic E-state index is 14.2. The summed E-state index contributed by atoms with van der Waals surface area (Å²) in [4.78, 5) is 62.7. The van der Waals surface area contributed by atoms with E-state index in [9.17, 15) is 19.2 Å². The van der Waals surface area contributed by atoms with Crippen LogP contribution in [0.3, 0.4) is 0 Å². The molecule has 1 aliphatic heterocycles. The number of ether oxygens (including phenoxy) is 3. The fourth-order valence-electron chi connectivity index (χ4n) is 6.31. The first-order valence-electron chi connectivity index (χ1n) is 18.6. The molecule has 0 bridgehead atoms. The second-order valence-corrected chi connectivity index (χ2v) is 15.5. The van der Waals surface area contributed by atoms with Crippen LogP contribution in [0.2, 0.25) is 0 Å². The Morgan fingerprint density at radius 2 is 1.45 bits per heavy atom. The SMILES string of the molecule is CC(C)(C)OC(=O)N=C(N)N(C(=O)OC(C)(C)C)c1cccc(N(C(=O)c2ccco2)C2CCN(CC(C(=O)OCc3ccccc3)c3ccccc3)CC2)c1. The molecule has 296 valence electrons. The van der Waals surface area contributed by atoms with Crippen LogP contribution in [-0.2, 0) is 25.6 Å². The molecule has 0 radical (unpaired) electrons. The molecule has 56 heavy (non-hydrogen) atoms. The zero-order chi connectivity index (χ0) is 40.5. The Bertz CT molecular complexity index is 1960. The van der Waals surface area contributed by atoms with Crippen molar-refractivity contribution in [3.8, 4) is 0 Å². The van der Waals surface area contributed by atoms with Crippen molar-refractivity contribution in [2.75, 3.05) is 29.4 Å². The van der Waals surface area contributed by atoms with Crippen molar-refractivity contribution >= 4 is 41.4 Å². The number of benzene rings is 3. The summed E-state index contributed by atoms with van der Waals surface area (Å²) in [7, 11) is 0. The van der Waals surface area contributed by atoms with Gasteiger partial charge in [-0.2, -0.15) is 0 Å². The first kappa shape index (κ1) is 41.2. The topological polar surface area (TPSA) is 157 Å². The first-order chi connectivity index (χ1) is 26.6. The molecule has 0 spiro atoms. The molecule has 13 nitrogen and oxygen atoms in total. The number of nitrogens with two attached hydrogens (primary N) is 1. The zero-order valence-corrected chi connectivity index (χ0v) is 32.8. The lowest BCUT2D eigenvalue weighted by molar-refractivity contribution is -0.147. The number of likely N-dealkylation sites (tertiary alicyclic amines) is 1. The number of hydrogen-bond donors (Lipinski definition) is 1. The van der Waals surface area contributed by atoms with Crippen LogP contribution in [-0.4, -0.2) is 71.8 Å². The number of rotatable bonds is 10. The summed E-state index contributed by atoms with van der Waals surface area (Å²) in [6.07, 6.45) is 0.695. The monoisotopic (exact) mass is 765 g/mol. The van der Waals surface area contributed by atoms with Gasteiger partial charge in [-0.05, 0) is 95.8 Å². The third kappa shape index (κ3) is 11.5. The maximum Gasteiger partial charge on any atom is 0.437 e. The Labute approximate surface area is 328 Å². The molecule has 3 aromatic carbocycles. The van der Waals surface area contributed by atoms with Gasteiger partial charge in [0.1, 0.15) is 17.8 Å². The van der Waals surface area contributed by atoms with Gasteiger partial charge < -0.3 is 34.2 Å². The van der Waals surface area contributed by atoms with Crippen LogP contribution in [0.4, 0.5) is 21.0 Å². The van der Waals surface area contributed by atoms with E-state index in [1.54, 1.807) is 82.8 Å². The predicted octanol–water partition coefficient (Wildman–Crippen LogP) is 7.91. The summed E-state index contributed by atoms with van der Waals surface area (Å²) in [5, 5.41) is 0. The molecule has 3 amide bonds. The average Bonchev–Trinajstić information content (AvgIpc) is 3.69. The van der Waals surface area contributed by atoms with Crippen LogP contribution in [0, 0.1) is 0 Å². The molecule has 13 heteroatoms. The number of aliphatic imine (C=N–C) groups is 1. The molecule has 2 heterocycles. The van der Waals surface area contributed by atoms with E-state index in [4.69, 9.17) is 24.4 Å². The average molecular weight is 766 g/mol. The lowest BCUT2D eigenvalue weighted by Gasteiger charge is -2.39.